The number of phenols is 1. The monoisotopic (exact) mass is 366 g/mol. The van der Waals surface area contributed by atoms with E-state index in [1.54, 1.807) is 6.07 Å². The molecule has 1 N–H and O–H groups in total. The molecule has 0 spiro atoms. The standard InChI is InChI=1S/C21H18O6/c1-21(2)4-3-10-18-12(5-14(22)20(10)27-21)19-13(8-23-18)11-6-16-17(25-9-24-16)7-15(11)26-19/h3-7,13,19,22H,8-9H2,1-2H3/t13-,19+/m1/s1. The van der Waals surface area contributed by atoms with Crippen molar-refractivity contribution >= 4 is 6.08 Å². The van der Waals surface area contributed by atoms with Crippen LogP contribution in [0.15, 0.2) is 24.3 Å². The summed E-state index contributed by atoms with van der Waals surface area (Å²) in [5, 5.41) is 10.6. The van der Waals surface area contributed by atoms with Gasteiger partial charge in [-0.15, -0.1) is 0 Å². The van der Waals surface area contributed by atoms with E-state index in [2.05, 4.69) is 0 Å². The maximum atomic E-state index is 10.6. The van der Waals surface area contributed by atoms with Crippen LogP contribution in [0, 0.1) is 0 Å². The molecule has 0 aromatic heterocycles. The first-order chi connectivity index (χ1) is 13.0. The van der Waals surface area contributed by atoms with Gasteiger partial charge in [0.25, 0.3) is 0 Å². The van der Waals surface area contributed by atoms with Gasteiger partial charge in [0.15, 0.2) is 23.0 Å². The second-order valence-corrected chi connectivity index (χ2v) is 7.79. The highest BCUT2D eigenvalue weighted by atomic mass is 16.7. The van der Waals surface area contributed by atoms with E-state index < -0.39 is 5.60 Å². The summed E-state index contributed by atoms with van der Waals surface area (Å²) < 4.78 is 29.3. The SMILES string of the molecule is CC1(C)C=Cc2c(c(O)cc3c2OC[C@@H]2c4cc5c(cc4O[C@@H]32)OCO5)O1. The van der Waals surface area contributed by atoms with Gasteiger partial charge >= 0.3 is 0 Å². The molecule has 27 heavy (non-hydrogen) atoms. The number of benzene rings is 2. The van der Waals surface area contributed by atoms with Crippen LogP contribution in [0.1, 0.15) is 42.6 Å². The van der Waals surface area contributed by atoms with Crippen LogP contribution < -0.4 is 23.7 Å². The minimum atomic E-state index is -0.476. The minimum Gasteiger partial charge on any atom is -0.504 e. The summed E-state index contributed by atoms with van der Waals surface area (Å²) in [7, 11) is 0. The molecule has 138 valence electrons. The lowest BCUT2D eigenvalue weighted by molar-refractivity contribution is 0.131. The van der Waals surface area contributed by atoms with Gasteiger partial charge in [0.2, 0.25) is 6.79 Å². The van der Waals surface area contributed by atoms with Crippen LogP contribution in [0.5, 0.6) is 34.5 Å². The number of hydrogen-bond donors (Lipinski definition) is 1. The van der Waals surface area contributed by atoms with Crippen LogP contribution >= 0.6 is 0 Å². The Morgan fingerprint density at radius 3 is 2.63 bits per heavy atom. The van der Waals surface area contributed by atoms with Gasteiger partial charge in [-0.05, 0) is 38.1 Å². The van der Waals surface area contributed by atoms with Crippen LogP contribution in [-0.2, 0) is 0 Å². The summed E-state index contributed by atoms with van der Waals surface area (Å²) in [5.41, 5.74) is 2.15. The van der Waals surface area contributed by atoms with E-state index in [1.165, 1.54) is 0 Å². The molecule has 2 aromatic rings. The zero-order chi connectivity index (χ0) is 18.3. The lowest BCUT2D eigenvalue weighted by Gasteiger charge is -2.33. The minimum absolute atomic E-state index is 0.0318. The molecule has 0 radical (unpaired) electrons. The number of fused-ring (bicyclic) bond motifs is 8. The van der Waals surface area contributed by atoms with E-state index in [0.29, 0.717) is 23.9 Å². The summed E-state index contributed by atoms with van der Waals surface area (Å²) in [6.45, 7) is 4.61. The van der Waals surface area contributed by atoms with Gasteiger partial charge in [0, 0.05) is 17.2 Å². The predicted molar refractivity (Wildman–Crippen MR) is 96.0 cm³/mol. The van der Waals surface area contributed by atoms with Crippen molar-refractivity contribution in [2.24, 2.45) is 0 Å². The second kappa shape index (κ2) is 4.82. The van der Waals surface area contributed by atoms with Crippen molar-refractivity contribution in [3.05, 3.63) is 41.0 Å². The lowest BCUT2D eigenvalue weighted by Crippen LogP contribution is -2.29. The summed E-state index contributed by atoms with van der Waals surface area (Å²) in [6.07, 6.45) is 3.69. The normalized spacial score (nSPS) is 24.7. The smallest absolute Gasteiger partial charge is 0.231 e. The van der Waals surface area contributed by atoms with E-state index >= 15 is 0 Å². The Kier molecular flexibility index (Phi) is 2.69. The van der Waals surface area contributed by atoms with Crippen molar-refractivity contribution in [1.29, 1.82) is 0 Å². The summed E-state index contributed by atoms with van der Waals surface area (Å²) >= 11 is 0. The molecule has 0 aliphatic carbocycles. The molecule has 0 bridgehead atoms. The lowest BCUT2D eigenvalue weighted by atomic mass is 9.87. The number of hydrogen-bond acceptors (Lipinski definition) is 6. The van der Waals surface area contributed by atoms with Crippen LogP contribution in [0.3, 0.4) is 0 Å². The molecule has 6 heteroatoms. The maximum absolute atomic E-state index is 10.6. The number of phenolic OH excluding ortho intramolecular Hbond substituents is 1. The van der Waals surface area contributed by atoms with E-state index in [1.807, 2.05) is 38.1 Å². The van der Waals surface area contributed by atoms with Gasteiger partial charge in [-0.2, -0.15) is 0 Å². The summed E-state index contributed by atoms with van der Waals surface area (Å²) in [5.74, 6) is 3.50. The topological polar surface area (TPSA) is 66.4 Å². The molecular formula is C21H18O6. The van der Waals surface area contributed by atoms with E-state index in [4.69, 9.17) is 23.7 Å². The average Bonchev–Trinajstić information content (AvgIpc) is 3.23. The zero-order valence-electron chi connectivity index (χ0n) is 14.9. The number of aromatic hydroxyl groups is 1. The molecule has 4 aliphatic rings. The Balaban J connectivity index is 1.47. The van der Waals surface area contributed by atoms with Crippen molar-refractivity contribution in [2.45, 2.75) is 31.5 Å². The van der Waals surface area contributed by atoms with Crippen molar-refractivity contribution < 1.29 is 28.8 Å². The molecule has 2 aromatic carbocycles. The molecule has 0 fully saturated rings. The predicted octanol–water partition coefficient (Wildman–Crippen LogP) is 3.91. The maximum Gasteiger partial charge on any atom is 0.231 e. The third-order valence-electron chi connectivity index (χ3n) is 5.53. The molecule has 4 heterocycles. The first-order valence-corrected chi connectivity index (χ1v) is 9.01. The van der Waals surface area contributed by atoms with E-state index in [-0.39, 0.29) is 24.6 Å². The quantitative estimate of drug-likeness (QED) is 0.762. The third kappa shape index (κ3) is 2.01. The van der Waals surface area contributed by atoms with Crippen molar-refractivity contribution in [2.75, 3.05) is 13.4 Å². The Bertz CT molecular complexity index is 1020. The zero-order valence-corrected chi connectivity index (χ0v) is 14.9. The molecule has 0 saturated heterocycles. The number of ether oxygens (including phenoxy) is 5. The summed E-state index contributed by atoms with van der Waals surface area (Å²) in [6, 6.07) is 5.55. The van der Waals surface area contributed by atoms with Crippen LogP contribution in [0.4, 0.5) is 0 Å². The van der Waals surface area contributed by atoms with Gasteiger partial charge in [0.1, 0.15) is 23.2 Å². The van der Waals surface area contributed by atoms with Crippen LogP contribution in [-0.4, -0.2) is 24.1 Å². The van der Waals surface area contributed by atoms with Gasteiger partial charge in [-0.3, -0.25) is 0 Å². The highest BCUT2D eigenvalue weighted by Gasteiger charge is 2.44. The molecule has 6 nitrogen and oxygen atoms in total. The Morgan fingerprint density at radius 2 is 1.78 bits per heavy atom. The Hall–Kier alpha value is -3.02. The fourth-order valence-electron chi connectivity index (χ4n) is 4.23. The molecular weight excluding hydrogens is 348 g/mol. The van der Waals surface area contributed by atoms with Crippen molar-refractivity contribution in [3.8, 4) is 34.5 Å². The van der Waals surface area contributed by atoms with Gasteiger partial charge in [0.05, 0.1) is 18.1 Å². The first-order valence-electron chi connectivity index (χ1n) is 9.01. The van der Waals surface area contributed by atoms with Crippen molar-refractivity contribution in [3.63, 3.8) is 0 Å². The Morgan fingerprint density at radius 1 is 0.963 bits per heavy atom. The summed E-state index contributed by atoms with van der Waals surface area (Å²) in [4.78, 5) is 0. The van der Waals surface area contributed by atoms with E-state index in [0.717, 1.165) is 28.2 Å². The van der Waals surface area contributed by atoms with Crippen LogP contribution in [0.25, 0.3) is 6.08 Å². The highest BCUT2D eigenvalue weighted by molar-refractivity contribution is 5.74. The molecule has 4 aliphatic heterocycles. The molecule has 2 atom stereocenters. The van der Waals surface area contributed by atoms with Gasteiger partial charge in [-0.1, -0.05) is 0 Å². The highest BCUT2D eigenvalue weighted by Crippen LogP contribution is 2.57. The molecule has 0 unspecified atom stereocenters. The largest absolute Gasteiger partial charge is 0.504 e. The van der Waals surface area contributed by atoms with Crippen LogP contribution in [0.2, 0.25) is 0 Å². The van der Waals surface area contributed by atoms with E-state index in [9.17, 15) is 5.11 Å². The van der Waals surface area contributed by atoms with Gasteiger partial charge in [-0.25, -0.2) is 0 Å². The third-order valence-corrected chi connectivity index (χ3v) is 5.53. The number of rotatable bonds is 0. The fraction of sp³-hybridized carbons (Fsp3) is 0.333. The fourth-order valence-corrected chi connectivity index (χ4v) is 4.23. The second-order valence-electron chi connectivity index (χ2n) is 7.79. The first kappa shape index (κ1) is 15.1. The Labute approximate surface area is 155 Å². The molecule has 6 rings (SSSR count). The molecule has 0 amide bonds. The molecule has 0 saturated carbocycles. The van der Waals surface area contributed by atoms with Crippen molar-refractivity contribution in [1.82, 2.24) is 0 Å². The van der Waals surface area contributed by atoms with Gasteiger partial charge < -0.3 is 28.8 Å². The average molecular weight is 366 g/mol.